The fourth-order valence-electron chi connectivity index (χ4n) is 1.69. The number of nitrogens with zero attached hydrogens (tertiary/aromatic N) is 2. The minimum absolute atomic E-state index is 0.136. The molecule has 0 aromatic carbocycles. The molecule has 6 N–H and O–H groups in total. The van der Waals surface area contributed by atoms with Gasteiger partial charge in [-0.2, -0.15) is 5.10 Å². The predicted octanol–water partition coefficient (Wildman–Crippen LogP) is -1.99. The molecule has 0 atom stereocenters. The van der Waals surface area contributed by atoms with Crippen molar-refractivity contribution in [3.63, 3.8) is 0 Å². The summed E-state index contributed by atoms with van der Waals surface area (Å²) in [6.45, 7) is 0.0816. The fraction of sp³-hybridized carbons (Fsp3) is 0.636. The number of aliphatic hydroxyl groups is 3. The molecule has 0 radical (unpaired) electrons. The van der Waals surface area contributed by atoms with Gasteiger partial charge in [0.1, 0.15) is 11.2 Å². The van der Waals surface area contributed by atoms with Crippen LogP contribution in [-0.4, -0.2) is 56.4 Å². The number of carbonyl (C=O) groups excluding carboxylic acids is 1. The molecule has 0 aliphatic carbocycles. The average Bonchev–Trinajstić information content (AvgIpc) is 2.70. The molecule has 8 nitrogen and oxygen atoms in total. The highest BCUT2D eigenvalue weighted by Gasteiger charge is 2.32. The van der Waals surface area contributed by atoms with Gasteiger partial charge in [0.15, 0.2) is 0 Å². The number of rotatable bonds is 6. The molecule has 0 aliphatic rings. The molecule has 1 rings (SSSR count). The van der Waals surface area contributed by atoms with Gasteiger partial charge in [0.2, 0.25) is 0 Å². The van der Waals surface area contributed by atoms with E-state index in [0.717, 1.165) is 0 Å². The molecule has 0 spiro atoms. The lowest BCUT2D eigenvalue weighted by molar-refractivity contribution is 0.0371. The Morgan fingerprint density at radius 2 is 1.89 bits per heavy atom. The molecule has 0 fully saturated rings. The number of amides is 1. The summed E-state index contributed by atoms with van der Waals surface area (Å²) in [6.07, 6.45) is 0.581. The highest BCUT2D eigenvalue weighted by Crippen LogP contribution is 2.17. The molecule has 1 aromatic rings. The van der Waals surface area contributed by atoms with Crippen molar-refractivity contribution in [1.82, 2.24) is 15.1 Å². The van der Waals surface area contributed by atoms with E-state index >= 15 is 0 Å². The zero-order valence-corrected chi connectivity index (χ0v) is 11.1. The highest BCUT2D eigenvalue weighted by atomic mass is 16.3. The van der Waals surface area contributed by atoms with Crippen LogP contribution in [-0.2, 0) is 13.5 Å². The van der Waals surface area contributed by atoms with E-state index in [0.29, 0.717) is 12.1 Å². The lowest BCUT2D eigenvalue weighted by Gasteiger charge is -2.28. The first-order chi connectivity index (χ1) is 8.94. The second-order valence-corrected chi connectivity index (χ2v) is 4.39. The first-order valence-electron chi connectivity index (χ1n) is 5.91. The monoisotopic (exact) mass is 272 g/mol. The van der Waals surface area contributed by atoms with Gasteiger partial charge in [0.05, 0.1) is 31.2 Å². The summed E-state index contributed by atoms with van der Waals surface area (Å²) in [6, 6.07) is 0. The maximum atomic E-state index is 12.1. The van der Waals surface area contributed by atoms with Crippen LogP contribution < -0.4 is 11.1 Å². The van der Waals surface area contributed by atoms with Crippen LogP contribution >= 0.6 is 0 Å². The van der Waals surface area contributed by atoms with Crippen molar-refractivity contribution in [2.24, 2.45) is 7.05 Å². The van der Waals surface area contributed by atoms with E-state index in [4.69, 9.17) is 5.73 Å². The summed E-state index contributed by atoms with van der Waals surface area (Å²) in [5.41, 5.74) is 5.32. The second-order valence-electron chi connectivity index (χ2n) is 4.39. The number of aryl methyl sites for hydroxylation is 2. The summed E-state index contributed by atoms with van der Waals surface area (Å²) < 4.78 is 1.33. The zero-order valence-electron chi connectivity index (χ0n) is 11.1. The first kappa shape index (κ1) is 15.4. The number of nitrogens with two attached hydrogens (primary N) is 1. The number of anilines is 1. The van der Waals surface area contributed by atoms with E-state index in [1.54, 1.807) is 7.05 Å². The Hall–Kier alpha value is -1.64. The molecule has 1 heterocycles. The lowest BCUT2D eigenvalue weighted by Crippen LogP contribution is -2.57. The minimum atomic E-state index is -1.49. The lowest BCUT2D eigenvalue weighted by atomic mass is 10.0. The molecular weight excluding hydrogens is 252 g/mol. The third-order valence-corrected chi connectivity index (χ3v) is 3.00. The van der Waals surface area contributed by atoms with Crippen LogP contribution in [0.15, 0.2) is 0 Å². The molecule has 8 heteroatoms. The number of nitrogens with one attached hydrogen (secondary N) is 1. The Balaban J connectivity index is 3.04. The summed E-state index contributed by atoms with van der Waals surface area (Å²) in [7, 11) is 1.57. The number of aliphatic hydroxyl groups excluding tert-OH is 3. The maximum absolute atomic E-state index is 12.1. The Morgan fingerprint density at radius 3 is 2.26 bits per heavy atom. The fourth-order valence-corrected chi connectivity index (χ4v) is 1.69. The molecule has 0 unspecified atom stereocenters. The molecule has 0 saturated carbocycles. The van der Waals surface area contributed by atoms with Crippen LogP contribution in [0.3, 0.4) is 0 Å². The van der Waals surface area contributed by atoms with Gasteiger partial charge >= 0.3 is 0 Å². The van der Waals surface area contributed by atoms with E-state index in [1.807, 2.05) is 6.92 Å². The van der Waals surface area contributed by atoms with Crippen molar-refractivity contribution < 1.29 is 20.1 Å². The average molecular weight is 272 g/mol. The molecule has 0 aliphatic heterocycles. The van der Waals surface area contributed by atoms with Crippen molar-refractivity contribution >= 4 is 11.6 Å². The minimum Gasteiger partial charge on any atom is -0.395 e. The topological polar surface area (TPSA) is 134 Å². The molecule has 0 bridgehead atoms. The summed E-state index contributed by atoms with van der Waals surface area (Å²) >= 11 is 0. The molecule has 1 aromatic heterocycles. The van der Waals surface area contributed by atoms with Gasteiger partial charge in [0.25, 0.3) is 5.91 Å². The number of hydrogen-bond donors (Lipinski definition) is 5. The van der Waals surface area contributed by atoms with Gasteiger partial charge in [-0.3, -0.25) is 9.48 Å². The van der Waals surface area contributed by atoms with Gasteiger partial charge in [-0.15, -0.1) is 0 Å². The van der Waals surface area contributed by atoms with Crippen LogP contribution in [0.5, 0.6) is 0 Å². The van der Waals surface area contributed by atoms with E-state index in [2.05, 4.69) is 10.4 Å². The van der Waals surface area contributed by atoms with Crippen molar-refractivity contribution in [1.29, 1.82) is 0 Å². The van der Waals surface area contributed by atoms with Crippen molar-refractivity contribution in [2.75, 3.05) is 25.6 Å². The van der Waals surface area contributed by atoms with Crippen LogP contribution in [0.2, 0.25) is 0 Å². The number of aromatic nitrogens is 2. The molecule has 19 heavy (non-hydrogen) atoms. The number of nitrogen functional groups attached to an aromatic ring is 1. The summed E-state index contributed by atoms with van der Waals surface area (Å²) in [4.78, 5) is 12.1. The van der Waals surface area contributed by atoms with Crippen molar-refractivity contribution in [3.05, 3.63) is 11.4 Å². The van der Waals surface area contributed by atoms with Gasteiger partial charge in [-0.05, 0) is 6.42 Å². The SMILES string of the molecule is CCc1nn(C)c(C(=O)NC(CO)(CO)CO)c1N. The largest absolute Gasteiger partial charge is 0.395 e. The van der Waals surface area contributed by atoms with E-state index in [-0.39, 0.29) is 11.4 Å². The van der Waals surface area contributed by atoms with E-state index in [1.165, 1.54) is 4.68 Å². The summed E-state index contributed by atoms with van der Waals surface area (Å²) in [5, 5.41) is 34.0. The van der Waals surface area contributed by atoms with E-state index in [9.17, 15) is 20.1 Å². The maximum Gasteiger partial charge on any atom is 0.272 e. The van der Waals surface area contributed by atoms with Gasteiger partial charge in [0, 0.05) is 7.05 Å². The van der Waals surface area contributed by atoms with Crippen LogP contribution in [0.1, 0.15) is 23.1 Å². The highest BCUT2D eigenvalue weighted by molar-refractivity contribution is 5.98. The summed E-state index contributed by atoms with van der Waals surface area (Å²) in [5.74, 6) is -0.607. The molecule has 1 amide bonds. The van der Waals surface area contributed by atoms with Crippen LogP contribution in [0.25, 0.3) is 0 Å². The third-order valence-electron chi connectivity index (χ3n) is 3.00. The van der Waals surface area contributed by atoms with Crippen LogP contribution in [0.4, 0.5) is 5.69 Å². The molecule has 108 valence electrons. The van der Waals surface area contributed by atoms with Crippen molar-refractivity contribution in [3.8, 4) is 0 Å². The van der Waals surface area contributed by atoms with Gasteiger partial charge < -0.3 is 26.4 Å². The normalized spacial score (nSPS) is 11.6. The first-order valence-corrected chi connectivity index (χ1v) is 5.91. The standard InChI is InChI=1S/C11H20N4O4/c1-3-7-8(12)9(15(2)14-7)10(19)13-11(4-16,5-17)6-18/h16-18H,3-6,12H2,1-2H3,(H,13,19). The van der Waals surface area contributed by atoms with E-state index < -0.39 is 31.3 Å². The number of hydrogen-bond acceptors (Lipinski definition) is 6. The van der Waals surface area contributed by atoms with Gasteiger partial charge in [-0.1, -0.05) is 6.92 Å². The van der Waals surface area contributed by atoms with Crippen molar-refractivity contribution in [2.45, 2.75) is 18.9 Å². The predicted molar refractivity (Wildman–Crippen MR) is 68.5 cm³/mol. The Labute approximate surface area is 110 Å². The molecule has 0 saturated heterocycles. The van der Waals surface area contributed by atoms with Crippen LogP contribution in [0, 0.1) is 0 Å². The Morgan fingerprint density at radius 1 is 1.37 bits per heavy atom. The number of carbonyl (C=O) groups is 1. The third kappa shape index (κ3) is 2.86. The Bertz CT molecular complexity index is 446. The quantitative estimate of drug-likeness (QED) is 0.407. The van der Waals surface area contributed by atoms with Gasteiger partial charge in [-0.25, -0.2) is 0 Å². The zero-order chi connectivity index (χ0) is 14.6. The Kier molecular flexibility index (Phi) is 4.87. The molecular formula is C11H20N4O4. The smallest absolute Gasteiger partial charge is 0.272 e. The second kappa shape index (κ2) is 6.00.